The van der Waals surface area contributed by atoms with E-state index in [1.807, 2.05) is 24.5 Å². The van der Waals surface area contributed by atoms with Gasteiger partial charge in [-0.1, -0.05) is 17.4 Å². The summed E-state index contributed by atoms with van der Waals surface area (Å²) in [6.45, 7) is 5.85. The van der Waals surface area contributed by atoms with Gasteiger partial charge in [-0.2, -0.15) is 10.3 Å². The second-order valence-corrected chi connectivity index (χ2v) is 6.82. The molecule has 6 heteroatoms. The summed E-state index contributed by atoms with van der Waals surface area (Å²) in [6.07, 6.45) is 0. The van der Waals surface area contributed by atoms with Crippen molar-refractivity contribution in [3.63, 3.8) is 0 Å². The minimum atomic E-state index is -0.317. The van der Waals surface area contributed by atoms with Crippen molar-refractivity contribution in [2.24, 2.45) is 4.99 Å². The van der Waals surface area contributed by atoms with Crippen molar-refractivity contribution < 1.29 is 9.53 Å². The highest BCUT2D eigenvalue weighted by molar-refractivity contribution is 7.16. The van der Waals surface area contributed by atoms with Crippen LogP contribution in [0, 0.1) is 18.3 Å². The molecule has 3 rings (SSSR count). The molecule has 3 aromatic rings. The van der Waals surface area contributed by atoms with E-state index in [1.165, 1.54) is 16.9 Å². The standard InChI is InChI=1S/C20H19N3O2S/c1-3-25-11-10-23-17-9-4-14(2)12-18(17)26-20(23)22-19(24)16-7-5-15(13-21)6-8-16/h4-9,12H,3,10-11H2,1-2H3. The minimum absolute atomic E-state index is 0.317. The number of fused-ring (bicyclic) bond motifs is 1. The summed E-state index contributed by atoms with van der Waals surface area (Å²) in [4.78, 5) is 17.5. The average Bonchev–Trinajstić information content (AvgIpc) is 2.98. The molecule has 1 aromatic heterocycles. The molecule has 132 valence electrons. The number of aryl methyl sites for hydroxylation is 1. The molecule has 0 aliphatic rings. The van der Waals surface area contributed by atoms with Crippen LogP contribution in [0.4, 0.5) is 0 Å². The largest absolute Gasteiger partial charge is 0.380 e. The Morgan fingerprint density at radius 2 is 2.04 bits per heavy atom. The van der Waals surface area contributed by atoms with Crippen LogP contribution in [-0.2, 0) is 11.3 Å². The summed E-state index contributed by atoms with van der Waals surface area (Å²) in [5, 5.41) is 8.87. The van der Waals surface area contributed by atoms with Gasteiger partial charge in [0.2, 0.25) is 0 Å². The summed E-state index contributed by atoms with van der Waals surface area (Å²) in [5.74, 6) is -0.317. The first-order chi connectivity index (χ1) is 12.6. The lowest BCUT2D eigenvalue weighted by Crippen LogP contribution is -2.19. The number of carbonyl (C=O) groups is 1. The van der Waals surface area contributed by atoms with Crippen molar-refractivity contribution >= 4 is 27.5 Å². The third-order valence-electron chi connectivity index (χ3n) is 3.96. The topological polar surface area (TPSA) is 67.4 Å². The van der Waals surface area contributed by atoms with Crippen molar-refractivity contribution in [3.8, 4) is 6.07 Å². The van der Waals surface area contributed by atoms with Crippen molar-refractivity contribution in [3.05, 3.63) is 64.0 Å². The molecular weight excluding hydrogens is 346 g/mol. The zero-order chi connectivity index (χ0) is 18.5. The van der Waals surface area contributed by atoms with Crippen LogP contribution in [0.2, 0.25) is 0 Å². The van der Waals surface area contributed by atoms with E-state index in [0.29, 0.717) is 35.7 Å². The van der Waals surface area contributed by atoms with E-state index in [0.717, 1.165) is 10.2 Å². The van der Waals surface area contributed by atoms with E-state index in [1.54, 1.807) is 24.3 Å². The number of hydrogen-bond acceptors (Lipinski definition) is 4. The molecule has 0 atom stereocenters. The van der Waals surface area contributed by atoms with Gasteiger partial charge in [0.15, 0.2) is 4.80 Å². The predicted octanol–water partition coefficient (Wildman–Crippen LogP) is 3.66. The lowest BCUT2D eigenvalue weighted by molar-refractivity contribution is 0.0996. The fraction of sp³-hybridized carbons (Fsp3) is 0.250. The molecule has 0 saturated carbocycles. The monoisotopic (exact) mass is 365 g/mol. The van der Waals surface area contributed by atoms with Crippen LogP contribution in [0.1, 0.15) is 28.4 Å². The fourth-order valence-electron chi connectivity index (χ4n) is 2.62. The zero-order valence-electron chi connectivity index (χ0n) is 14.7. The highest BCUT2D eigenvalue weighted by Gasteiger charge is 2.10. The first-order valence-corrected chi connectivity index (χ1v) is 9.21. The van der Waals surface area contributed by atoms with E-state index in [2.05, 4.69) is 23.2 Å². The van der Waals surface area contributed by atoms with Gasteiger partial charge in [-0.25, -0.2) is 0 Å². The Morgan fingerprint density at radius 1 is 1.27 bits per heavy atom. The third-order valence-corrected chi connectivity index (χ3v) is 5.00. The summed E-state index contributed by atoms with van der Waals surface area (Å²) in [7, 11) is 0. The predicted molar refractivity (Wildman–Crippen MR) is 102 cm³/mol. The quantitative estimate of drug-likeness (QED) is 0.648. The van der Waals surface area contributed by atoms with Crippen LogP contribution < -0.4 is 4.80 Å². The molecule has 2 aromatic carbocycles. The van der Waals surface area contributed by atoms with E-state index in [4.69, 9.17) is 10.00 Å². The number of ether oxygens (including phenoxy) is 1. The maximum Gasteiger partial charge on any atom is 0.279 e. The Kier molecular flexibility index (Phi) is 5.61. The maximum atomic E-state index is 12.6. The minimum Gasteiger partial charge on any atom is -0.380 e. The Balaban J connectivity index is 2.03. The zero-order valence-corrected chi connectivity index (χ0v) is 15.5. The van der Waals surface area contributed by atoms with Gasteiger partial charge in [0, 0.05) is 18.7 Å². The molecule has 1 heterocycles. The summed E-state index contributed by atoms with van der Waals surface area (Å²) >= 11 is 1.49. The van der Waals surface area contributed by atoms with E-state index in [-0.39, 0.29) is 5.91 Å². The molecule has 26 heavy (non-hydrogen) atoms. The fourth-order valence-corrected chi connectivity index (χ4v) is 3.77. The number of rotatable bonds is 5. The highest BCUT2D eigenvalue weighted by Crippen LogP contribution is 2.19. The molecule has 0 aliphatic heterocycles. The highest BCUT2D eigenvalue weighted by atomic mass is 32.1. The van der Waals surface area contributed by atoms with Crippen molar-refractivity contribution in [1.82, 2.24) is 4.57 Å². The molecule has 0 unspecified atom stereocenters. The van der Waals surface area contributed by atoms with E-state index >= 15 is 0 Å². The lowest BCUT2D eigenvalue weighted by Gasteiger charge is -2.05. The van der Waals surface area contributed by atoms with Crippen LogP contribution >= 0.6 is 11.3 Å². The number of hydrogen-bond donors (Lipinski definition) is 0. The molecule has 0 radical (unpaired) electrons. The molecule has 1 amide bonds. The van der Waals surface area contributed by atoms with Gasteiger partial charge in [-0.3, -0.25) is 4.79 Å². The van der Waals surface area contributed by atoms with Crippen molar-refractivity contribution in [2.75, 3.05) is 13.2 Å². The molecule has 0 spiro atoms. The lowest BCUT2D eigenvalue weighted by atomic mass is 10.1. The molecule has 0 bridgehead atoms. The molecule has 5 nitrogen and oxygen atoms in total. The van der Waals surface area contributed by atoms with Gasteiger partial charge in [0.05, 0.1) is 28.5 Å². The molecule has 0 saturated heterocycles. The van der Waals surface area contributed by atoms with Gasteiger partial charge < -0.3 is 9.30 Å². The number of thiazole rings is 1. The van der Waals surface area contributed by atoms with Gasteiger partial charge >= 0.3 is 0 Å². The second-order valence-electron chi connectivity index (χ2n) is 5.81. The summed E-state index contributed by atoms with van der Waals surface area (Å²) < 4.78 is 8.59. The Labute approximate surface area is 155 Å². The van der Waals surface area contributed by atoms with Crippen LogP contribution in [0.5, 0.6) is 0 Å². The number of benzene rings is 2. The summed E-state index contributed by atoms with van der Waals surface area (Å²) in [6, 6.07) is 14.8. The van der Waals surface area contributed by atoms with Crippen molar-refractivity contribution in [1.29, 1.82) is 5.26 Å². The van der Waals surface area contributed by atoms with Gasteiger partial charge in [-0.05, 0) is 55.8 Å². The number of nitriles is 1. The first kappa shape index (κ1) is 18.1. The van der Waals surface area contributed by atoms with Crippen LogP contribution in [0.15, 0.2) is 47.5 Å². The normalized spacial score (nSPS) is 11.7. The van der Waals surface area contributed by atoms with Gasteiger partial charge in [0.1, 0.15) is 0 Å². The average molecular weight is 365 g/mol. The van der Waals surface area contributed by atoms with Gasteiger partial charge in [-0.15, -0.1) is 0 Å². The summed E-state index contributed by atoms with van der Waals surface area (Å²) in [5.41, 5.74) is 3.20. The smallest absolute Gasteiger partial charge is 0.279 e. The van der Waals surface area contributed by atoms with Crippen LogP contribution in [-0.4, -0.2) is 23.7 Å². The Morgan fingerprint density at radius 3 is 2.73 bits per heavy atom. The number of aromatic nitrogens is 1. The maximum absolute atomic E-state index is 12.6. The third kappa shape index (κ3) is 3.90. The number of amides is 1. The van der Waals surface area contributed by atoms with E-state index in [9.17, 15) is 4.79 Å². The van der Waals surface area contributed by atoms with Crippen LogP contribution in [0.25, 0.3) is 10.2 Å². The molecule has 0 aliphatic carbocycles. The Bertz CT molecular complexity index is 1040. The SMILES string of the molecule is CCOCCn1c(=NC(=O)c2ccc(C#N)cc2)sc2cc(C)ccc21. The number of carbonyl (C=O) groups excluding carboxylic acids is 1. The molecule has 0 N–H and O–H groups in total. The van der Waals surface area contributed by atoms with Crippen LogP contribution in [0.3, 0.4) is 0 Å². The van der Waals surface area contributed by atoms with Crippen molar-refractivity contribution in [2.45, 2.75) is 20.4 Å². The number of nitrogens with zero attached hydrogens (tertiary/aromatic N) is 3. The van der Waals surface area contributed by atoms with E-state index < -0.39 is 0 Å². The van der Waals surface area contributed by atoms with Gasteiger partial charge in [0.25, 0.3) is 5.91 Å². The first-order valence-electron chi connectivity index (χ1n) is 8.39. The Hall–Kier alpha value is -2.75. The second kappa shape index (κ2) is 8.09. The molecule has 0 fully saturated rings. The molecular formula is C20H19N3O2S.